The zero-order chi connectivity index (χ0) is 26.7. The predicted molar refractivity (Wildman–Crippen MR) is 170 cm³/mol. The lowest BCUT2D eigenvalue weighted by atomic mass is 9.65. The highest BCUT2D eigenvalue weighted by Crippen LogP contribution is 2.31. The van der Waals surface area contributed by atoms with E-state index < -0.39 is 0 Å². The van der Waals surface area contributed by atoms with Gasteiger partial charge in [-0.05, 0) is 35.2 Å². The minimum absolute atomic E-state index is 0.301. The molecule has 4 heteroatoms. The van der Waals surface area contributed by atoms with Gasteiger partial charge in [0.15, 0.2) is 0 Å². The highest BCUT2D eigenvalue weighted by molar-refractivity contribution is 6.73. The maximum absolute atomic E-state index is 4.72. The summed E-state index contributed by atoms with van der Waals surface area (Å²) in [6.07, 6.45) is 9.82. The Balaban J connectivity index is 1.28. The number of rotatable bonds is 11. The first kappa shape index (κ1) is 26.5. The smallest absolute Gasteiger partial charge is 0.241 e. The molecule has 39 heavy (non-hydrogen) atoms. The monoisotopic (exact) mass is 521 g/mol. The number of allylic oxidation sites excluding steroid dienone is 2. The average Bonchev–Trinajstić information content (AvgIpc) is 3.44. The highest BCUT2D eigenvalue weighted by Gasteiger charge is 2.16. The van der Waals surface area contributed by atoms with E-state index in [0.29, 0.717) is 5.92 Å². The molecule has 5 aromatic rings. The molecular formula is C35H34BN2Si. The lowest BCUT2D eigenvalue weighted by molar-refractivity contribution is 0.900. The largest absolute Gasteiger partial charge is 0.347 e. The van der Waals surface area contributed by atoms with Crippen LogP contribution in [0.5, 0.6) is 0 Å². The Labute approximate surface area is 235 Å². The normalized spacial score (nSPS) is 12.4. The lowest BCUT2D eigenvalue weighted by Crippen LogP contribution is -2.29. The minimum atomic E-state index is -0.360. The standard InChI is InChI=1S/C35H34BN2Si/c1-28(34(31-18-10-4-11-19-31)32-20-12-5-13-21-32)22-25-39-27-38-24-23-37-35(38)36-33(30-16-8-3-9-17-30)26-29-14-6-2-7-15-29/h2-24,26,34H,25,27,39H2,1H3. The molecule has 0 saturated heterocycles. The fraction of sp³-hybridized carbons (Fsp3) is 0.114. The summed E-state index contributed by atoms with van der Waals surface area (Å²) < 4.78 is 2.32. The quantitative estimate of drug-likeness (QED) is 0.0815. The first-order chi connectivity index (χ1) is 19.3. The van der Waals surface area contributed by atoms with Gasteiger partial charge in [-0.15, -0.1) is 0 Å². The van der Waals surface area contributed by atoms with Crippen LogP contribution in [0.15, 0.2) is 145 Å². The molecule has 1 radical (unpaired) electrons. The average molecular weight is 522 g/mol. The van der Waals surface area contributed by atoms with Crippen molar-refractivity contribution in [2.75, 3.05) is 0 Å². The molecule has 0 amide bonds. The third-order valence-corrected chi connectivity index (χ3v) is 8.55. The van der Waals surface area contributed by atoms with Gasteiger partial charge in [-0.2, -0.15) is 0 Å². The minimum Gasteiger partial charge on any atom is -0.347 e. The van der Waals surface area contributed by atoms with Gasteiger partial charge in [-0.25, -0.2) is 0 Å². The molecule has 0 unspecified atom stereocenters. The Morgan fingerprint density at radius 2 is 1.36 bits per heavy atom. The Hall–Kier alpha value is -4.15. The van der Waals surface area contributed by atoms with Gasteiger partial charge in [0.2, 0.25) is 7.28 Å². The fourth-order valence-electron chi connectivity index (χ4n) is 5.08. The zero-order valence-corrected chi connectivity index (χ0v) is 23.9. The van der Waals surface area contributed by atoms with Gasteiger partial charge < -0.3 is 4.57 Å². The molecule has 1 heterocycles. The number of aromatic nitrogens is 2. The third kappa shape index (κ3) is 7.24. The first-order valence-corrected chi connectivity index (χ1v) is 15.7. The van der Waals surface area contributed by atoms with Crippen LogP contribution in [0, 0.1) is 0 Å². The molecule has 0 fully saturated rings. The van der Waals surface area contributed by atoms with E-state index in [1.807, 2.05) is 6.20 Å². The summed E-state index contributed by atoms with van der Waals surface area (Å²) >= 11 is 0. The summed E-state index contributed by atoms with van der Waals surface area (Å²) in [5, 5.41) is 0. The molecule has 0 atom stereocenters. The maximum Gasteiger partial charge on any atom is 0.241 e. The summed E-state index contributed by atoms with van der Waals surface area (Å²) in [6, 6.07) is 43.9. The van der Waals surface area contributed by atoms with Crippen molar-refractivity contribution in [1.82, 2.24) is 9.55 Å². The molecule has 1 aromatic heterocycles. The predicted octanol–water partition coefficient (Wildman–Crippen LogP) is 6.73. The van der Waals surface area contributed by atoms with Crippen LogP contribution in [0.1, 0.15) is 35.1 Å². The topological polar surface area (TPSA) is 17.8 Å². The summed E-state index contributed by atoms with van der Waals surface area (Å²) in [4.78, 5) is 4.72. The molecule has 5 rings (SSSR count). The van der Waals surface area contributed by atoms with Gasteiger partial charge >= 0.3 is 0 Å². The lowest BCUT2D eigenvalue weighted by Gasteiger charge is -2.19. The van der Waals surface area contributed by atoms with Gasteiger partial charge in [0, 0.05) is 34.0 Å². The SMILES string of the molecule is CC(=CC[SiH2]Cn1ccnc1[B]C(=Cc1ccccc1)c1ccccc1)C(c1ccccc1)c1ccccc1. The van der Waals surface area contributed by atoms with Crippen LogP contribution < -0.4 is 5.72 Å². The van der Waals surface area contributed by atoms with Crippen LogP contribution in [-0.4, -0.2) is 26.4 Å². The molecule has 0 aliphatic heterocycles. The second-order valence-corrected chi connectivity index (χ2v) is 11.6. The fourth-order valence-corrected chi connectivity index (χ4v) is 6.64. The third-order valence-electron chi connectivity index (χ3n) is 7.05. The molecule has 4 aromatic carbocycles. The van der Waals surface area contributed by atoms with Gasteiger partial charge in [0.05, 0.1) is 5.72 Å². The van der Waals surface area contributed by atoms with E-state index in [1.165, 1.54) is 33.3 Å². The molecule has 0 aliphatic carbocycles. The Morgan fingerprint density at radius 1 is 0.795 bits per heavy atom. The van der Waals surface area contributed by atoms with Crippen molar-refractivity contribution in [1.29, 1.82) is 0 Å². The maximum atomic E-state index is 4.72. The van der Waals surface area contributed by atoms with E-state index in [4.69, 9.17) is 4.98 Å². The molecule has 0 bridgehead atoms. The van der Waals surface area contributed by atoms with Crippen molar-refractivity contribution in [2.24, 2.45) is 0 Å². The molecule has 0 N–H and O–H groups in total. The zero-order valence-electron chi connectivity index (χ0n) is 22.5. The van der Waals surface area contributed by atoms with E-state index in [0.717, 1.165) is 17.9 Å². The molecular weight excluding hydrogens is 487 g/mol. The molecule has 2 nitrogen and oxygen atoms in total. The van der Waals surface area contributed by atoms with Crippen molar-refractivity contribution in [2.45, 2.75) is 25.1 Å². The van der Waals surface area contributed by atoms with E-state index in [9.17, 15) is 0 Å². The Morgan fingerprint density at radius 3 is 1.97 bits per heavy atom. The summed E-state index contributed by atoms with van der Waals surface area (Å²) in [5.74, 6) is 0.301. The number of imidazole rings is 1. The van der Waals surface area contributed by atoms with Crippen molar-refractivity contribution in [3.8, 4) is 0 Å². The van der Waals surface area contributed by atoms with E-state index in [-0.39, 0.29) is 9.52 Å². The number of hydrogen-bond donors (Lipinski definition) is 0. The molecule has 0 saturated carbocycles. The number of hydrogen-bond acceptors (Lipinski definition) is 1. The van der Waals surface area contributed by atoms with Crippen LogP contribution in [0.2, 0.25) is 6.04 Å². The summed E-state index contributed by atoms with van der Waals surface area (Å²) in [5.41, 5.74) is 8.69. The first-order valence-electron chi connectivity index (χ1n) is 13.7. The second-order valence-electron chi connectivity index (χ2n) is 9.84. The summed E-state index contributed by atoms with van der Waals surface area (Å²) in [7, 11) is 1.86. The van der Waals surface area contributed by atoms with Gasteiger partial charge in [-0.3, -0.25) is 4.98 Å². The number of nitrogens with zero attached hydrogens (tertiary/aromatic N) is 2. The Bertz CT molecular complexity index is 1450. The second kappa shape index (κ2) is 13.6. The van der Waals surface area contributed by atoms with Gasteiger partial charge in [0.1, 0.15) is 0 Å². The Kier molecular flexibility index (Phi) is 9.22. The van der Waals surface area contributed by atoms with E-state index >= 15 is 0 Å². The molecule has 0 spiro atoms. The number of benzene rings is 4. The van der Waals surface area contributed by atoms with Gasteiger partial charge in [-0.1, -0.05) is 145 Å². The highest BCUT2D eigenvalue weighted by atomic mass is 28.2. The van der Waals surface area contributed by atoms with Gasteiger partial charge in [0.25, 0.3) is 0 Å². The van der Waals surface area contributed by atoms with E-state index in [1.54, 1.807) is 0 Å². The van der Waals surface area contributed by atoms with Crippen LogP contribution >= 0.6 is 0 Å². The molecule has 0 aliphatic rings. The van der Waals surface area contributed by atoms with Crippen molar-refractivity contribution in [3.63, 3.8) is 0 Å². The van der Waals surface area contributed by atoms with Crippen LogP contribution in [-0.2, 0) is 6.17 Å². The van der Waals surface area contributed by atoms with Crippen LogP contribution in [0.25, 0.3) is 11.5 Å². The van der Waals surface area contributed by atoms with E-state index in [2.05, 4.69) is 158 Å². The van der Waals surface area contributed by atoms with Crippen LogP contribution in [0.3, 0.4) is 0 Å². The van der Waals surface area contributed by atoms with Crippen LogP contribution in [0.4, 0.5) is 0 Å². The van der Waals surface area contributed by atoms with Crippen molar-refractivity contribution < 1.29 is 0 Å². The van der Waals surface area contributed by atoms with Crippen molar-refractivity contribution >= 4 is 34.1 Å². The van der Waals surface area contributed by atoms with Crippen molar-refractivity contribution in [3.05, 3.63) is 168 Å². The molecule has 191 valence electrons. The summed E-state index contributed by atoms with van der Waals surface area (Å²) in [6.45, 7) is 2.29.